The van der Waals surface area contributed by atoms with Gasteiger partial charge < -0.3 is 9.47 Å². The van der Waals surface area contributed by atoms with Crippen LogP contribution in [0.2, 0.25) is 0 Å². The molecular weight excluding hydrogens is 472 g/mol. The van der Waals surface area contributed by atoms with Crippen LogP contribution in [0.4, 0.5) is 5.69 Å². The highest BCUT2D eigenvalue weighted by Gasteiger charge is 2.30. The summed E-state index contributed by atoms with van der Waals surface area (Å²) in [6.07, 6.45) is 9.03. The monoisotopic (exact) mass is 500 g/mol. The molecule has 1 heterocycles. The van der Waals surface area contributed by atoms with Crippen LogP contribution in [-0.2, 0) is 13.5 Å². The second-order valence-corrected chi connectivity index (χ2v) is 9.69. The van der Waals surface area contributed by atoms with E-state index in [1.807, 2.05) is 24.3 Å². The van der Waals surface area contributed by atoms with E-state index in [9.17, 15) is 4.79 Å². The van der Waals surface area contributed by atoms with E-state index in [1.54, 1.807) is 0 Å². The van der Waals surface area contributed by atoms with Gasteiger partial charge in [0.2, 0.25) is 0 Å². The third-order valence-corrected chi connectivity index (χ3v) is 6.88. The molecule has 1 unspecified atom stereocenters. The zero-order valence-corrected chi connectivity index (χ0v) is 21.0. The molecule has 0 saturated carbocycles. The van der Waals surface area contributed by atoms with Gasteiger partial charge in [-0.15, -0.1) is 0 Å². The van der Waals surface area contributed by atoms with Gasteiger partial charge in [0, 0.05) is 50.3 Å². The lowest BCUT2D eigenvalue weighted by atomic mass is 9.86. The Morgan fingerprint density at radius 2 is 1.79 bits per heavy atom. The molecule has 1 atom stereocenters. The Morgan fingerprint density at radius 1 is 1.09 bits per heavy atom. The van der Waals surface area contributed by atoms with Crippen LogP contribution in [0.3, 0.4) is 0 Å². The van der Waals surface area contributed by atoms with Gasteiger partial charge in [-0.3, -0.25) is 4.79 Å². The molecule has 0 aliphatic heterocycles. The zero-order valence-electron chi connectivity index (χ0n) is 19.4. The summed E-state index contributed by atoms with van der Waals surface area (Å²) in [5.41, 5.74) is 9.26. The zero-order chi connectivity index (χ0) is 23.5. The van der Waals surface area contributed by atoms with Gasteiger partial charge in [0.25, 0.3) is 0 Å². The van der Waals surface area contributed by atoms with Crippen molar-refractivity contribution in [3.63, 3.8) is 0 Å². The summed E-state index contributed by atoms with van der Waals surface area (Å²) >= 11 is 3.70. The van der Waals surface area contributed by atoms with Crippen molar-refractivity contribution in [1.29, 1.82) is 0 Å². The standard InChI is InChI=1S/C29H29BrN2O/c1-5-25-27(22-9-7-6-8-10-22)32(4)29(28(25)31(2)3)26(23-15-16-24(30)18-23)17-20-11-13-21(19-33)14-12-20/h5-16,19,26H,1,17-18H2,2-4H3. The molecule has 4 rings (SSSR count). The van der Waals surface area contributed by atoms with Gasteiger partial charge in [-0.2, -0.15) is 0 Å². The fourth-order valence-electron chi connectivity index (χ4n) is 4.84. The number of hydrogen-bond donors (Lipinski definition) is 0. The maximum atomic E-state index is 11.1. The van der Waals surface area contributed by atoms with Gasteiger partial charge >= 0.3 is 0 Å². The molecule has 0 fully saturated rings. The van der Waals surface area contributed by atoms with Crippen LogP contribution in [-0.4, -0.2) is 24.9 Å². The summed E-state index contributed by atoms with van der Waals surface area (Å²) in [4.78, 5) is 13.3. The number of anilines is 1. The van der Waals surface area contributed by atoms with E-state index in [0.29, 0.717) is 5.56 Å². The first-order valence-corrected chi connectivity index (χ1v) is 11.9. The summed E-state index contributed by atoms with van der Waals surface area (Å²) in [7, 11) is 6.37. The molecule has 1 aliphatic rings. The number of nitrogens with zero attached hydrogens (tertiary/aromatic N) is 2. The average Bonchev–Trinajstić information content (AvgIpc) is 3.39. The van der Waals surface area contributed by atoms with Crippen LogP contribution in [0.5, 0.6) is 0 Å². The molecule has 4 heteroatoms. The Bertz CT molecular complexity index is 1230. The normalized spacial score (nSPS) is 13.9. The van der Waals surface area contributed by atoms with Crippen LogP contribution in [0.15, 0.2) is 83.4 Å². The first-order valence-electron chi connectivity index (χ1n) is 11.1. The Kier molecular flexibility index (Phi) is 6.85. The minimum atomic E-state index is 0.178. The molecule has 0 radical (unpaired) electrons. The quantitative estimate of drug-likeness (QED) is 0.306. The Hall–Kier alpha value is -3.11. The number of aldehydes is 1. The summed E-state index contributed by atoms with van der Waals surface area (Å²) in [5.74, 6) is 0.178. The molecule has 33 heavy (non-hydrogen) atoms. The Balaban J connectivity index is 1.91. The van der Waals surface area contributed by atoms with E-state index in [4.69, 9.17) is 0 Å². The van der Waals surface area contributed by atoms with Crippen molar-refractivity contribution in [2.75, 3.05) is 19.0 Å². The van der Waals surface area contributed by atoms with Gasteiger partial charge in [0.15, 0.2) is 0 Å². The number of carbonyl (C=O) groups is 1. The molecule has 0 N–H and O–H groups in total. The largest absolute Gasteiger partial charge is 0.376 e. The van der Waals surface area contributed by atoms with E-state index >= 15 is 0 Å². The molecule has 0 spiro atoms. The highest BCUT2D eigenvalue weighted by molar-refractivity contribution is 9.11. The number of benzene rings is 2. The second kappa shape index (κ2) is 9.80. The predicted molar refractivity (Wildman–Crippen MR) is 143 cm³/mol. The first-order chi connectivity index (χ1) is 15.9. The number of aromatic nitrogens is 1. The fourth-order valence-corrected chi connectivity index (χ4v) is 5.29. The van der Waals surface area contributed by atoms with Crippen molar-refractivity contribution in [2.45, 2.75) is 18.8 Å². The molecule has 1 aliphatic carbocycles. The van der Waals surface area contributed by atoms with E-state index in [-0.39, 0.29) is 5.92 Å². The Labute approximate surface area is 204 Å². The van der Waals surface area contributed by atoms with Crippen LogP contribution < -0.4 is 4.90 Å². The molecule has 1 aromatic heterocycles. The summed E-state index contributed by atoms with van der Waals surface area (Å²) in [5, 5.41) is 0. The SMILES string of the molecule is C=Cc1c(N(C)C)c(C(Cc2ccc(C=O)cc2)C2=CC=C(Br)C2)n(C)c1-c1ccccc1. The maximum Gasteiger partial charge on any atom is 0.150 e. The van der Waals surface area contributed by atoms with Crippen molar-refractivity contribution in [1.82, 2.24) is 4.57 Å². The van der Waals surface area contributed by atoms with Gasteiger partial charge in [-0.25, -0.2) is 0 Å². The molecule has 0 bridgehead atoms. The van der Waals surface area contributed by atoms with Crippen molar-refractivity contribution in [3.05, 3.63) is 106 Å². The van der Waals surface area contributed by atoms with E-state index < -0.39 is 0 Å². The van der Waals surface area contributed by atoms with Crippen LogP contribution >= 0.6 is 15.9 Å². The molecule has 3 aromatic rings. The molecular formula is C29H29BrN2O. The van der Waals surface area contributed by atoms with Gasteiger partial charge in [0.1, 0.15) is 6.29 Å². The smallest absolute Gasteiger partial charge is 0.150 e. The fraction of sp³-hybridized carbons (Fsp3) is 0.207. The van der Waals surface area contributed by atoms with E-state index in [2.05, 4.69) is 102 Å². The lowest BCUT2D eigenvalue weighted by molar-refractivity contribution is 0.112. The first kappa shape index (κ1) is 23.1. The number of hydrogen-bond acceptors (Lipinski definition) is 2. The van der Waals surface area contributed by atoms with Crippen molar-refractivity contribution < 1.29 is 4.79 Å². The van der Waals surface area contributed by atoms with Crippen LogP contribution in [0.1, 0.15) is 39.5 Å². The second-order valence-electron chi connectivity index (χ2n) is 8.67. The minimum absolute atomic E-state index is 0.178. The van der Waals surface area contributed by atoms with Gasteiger partial charge in [-0.1, -0.05) is 101 Å². The topological polar surface area (TPSA) is 25.2 Å². The highest BCUT2D eigenvalue weighted by Crippen LogP contribution is 2.46. The third-order valence-electron chi connectivity index (χ3n) is 6.33. The average molecular weight is 501 g/mol. The van der Waals surface area contributed by atoms with Crippen LogP contribution in [0.25, 0.3) is 17.3 Å². The summed E-state index contributed by atoms with van der Waals surface area (Å²) in [6, 6.07) is 18.5. The molecule has 2 aromatic carbocycles. The third kappa shape index (κ3) is 4.53. The molecule has 0 amide bonds. The molecule has 168 valence electrons. The predicted octanol–water partition coefficient (Wildman–Crippen LogP) is 7.15. The summed E-state index contributed by atoms with van der Waals surface area (Å²) < 4.78 is 3.55. The van der Waals surface area contributed by atoms with Crippen LogP contribution in [0, 0.1) is 0 Å². The van der Waals surface area contributed by atoms with E-state index in [0.717, 1.165) is 24.7 Å². The number of carbonyl (C=O) groups excluding carboxylic acids is 1. The van der Waals surface area contributed by atoms with Crippen molar-refractivity contribution in [2.24, 2.45) is 7.05 Å². The van der Waals surface area contributed by atoms with Gasteiger partial charge in [0.05, 0.1) is 11.4 Å². The van der Waals surface area contributed by atoms with E-state index in [1.165, 1.54) is 38.3 Å². The number of rotatable bonds is 8. The minimum Gasteiger partial charge on any atom is -0.376 e. The van der Waals surface area contributed by atoms with Crippen molar-refractivity contribution >= 4 is 34.0 Å². The molecule has 0 saturated heterocycles. The number of allylic oxidation sites excluding steroid dienone is 4. The Morgan fingerprint density at radius 3 is 2.33 bits per heavy atom. The van der Waals surface area contributed by atoms with Crippen molar-refractivity contribution in [3.8, 4) is 11.3 Å². The summed E-state index contributed by atoms with van der Waals surface area (Å²) in [6.45, 7) is 4.18. The maximum absolute atomic E-state index is 11.1. The highest BCUT2D eigenvalue weighted by atomic mass is 79.9. The van der Waals surface area contributed by atoms with Gasteiger partial charge in [-0.05, 0) is 22.0 Å². The lowest BCUT2D eigenvalue weighted by Gasteiger charge is -2.25. The lowest BCUT2D eigenvalue weighted by Crippen LogP contribution is -2.17. The number of halogens is 1. The molecule has 3 nitrogen and oxygen atoms in total.